The molecule has 1 fully saturated rings. The van der Waals surface area contributed by atoms with Gasteiger partial charge >= 0.3 is 0 Å². The molecule has 1 aromatic rings. The normalized spacial score (nSPS) is 32.5. The number of rotatable bonds is 3. The van der Waals surface area contributed by atoms with Gasteiger partial charge in [-0.05, 0) is 43.9 Å². The Morgan fingerprint density at radius 3 is 2.53 bits per heavy atom. The van der Waals surface area contributed by atoms with Crippen molar-refractivity contribution in [2.45, 2.75) is 45.4 Å². The first kappa shape index (κ1) is 14.8. The Hall–Kier alpha value is -0.640. The van der Waals surface area contributed by atoms with Crippen molar-refractivity contribution >= 4 is 11.6 Å². The molecule has 1 aliphatic heterocycles. The van der Waals surface area contributed by atoms with Crippen LogP contribution in [0.2, 0.25) is 5.02 Å². The van der Waals surface area contributed by atoms with Crippen LogP contribution in [0.25, 0.3) is 0 Å². The summed E-state index contributed by atoms with van der Waals surface area (Å²) in [6.45, 7) is 6.33. The first-order valence-electron chi connectivity index (χ1n) is 6.75. The molecule has 1 aliphatic rings. The molecule has 5 unspecified atom stereocenters. The molecule has 2 nitrogen and oxygen atoms in total. The van der Waals surface area contributed by atoms with E-state index in [-0.39, 0.29) is 23.3 Å². The lowest BCUT2D eigenvalue weighted by molar-refractivity contribution is 0.0490. The SMILES string of the molecule is CC1OC(C)C(C(N)Cc2ccc(F)c(Cl)c2)C1C. The maximum Gasteiger partial charge on any atom is 0.141 e. The monoisotopic (exact) mass is 285 g/mol. The molecule has 4 heteroatoms. The Morgan fingerprint density at radius 2 is 2.00 bits per heavy atom. The smallest absolute Gasteiger partial charge is 0.141 e. The van der Waals surface area contributed by atoms with Gasteiger partial charge in [0, 0.05) is 12.0 Å². The van der Waals surface area contributed by atoms with Gasteiger partial charge in [-0.3, -0.25) is 0 Å². The summed E-state index contributed by atoms with van der Waals surface area (Å²) in [6, 6.07) is 4.79. The van der Waals surface area contributed by atoms with Crippen LogP contribution >= 0.6 is 11.6 Å². The van der Waals surface area contributed by atoms with Gasteiger partial charge in [-0.2, -0.15) is 0 Å². The van der Waals surface area contributed by atoms with Crippen LogP contribution in [0.4, 0.5) is 4.39 Å². The molecular formula is C15H21ClFNO. The average molecular weight is 286 g/mol. The fourth-order valence-electron chi connectivity index (χ4n) is 3.11. The third kappa shape index (κ3) is 3.10. The van der Waals surface area contributed by atoms with Gasteiger partial charge in [-0.1, -0.05) is 24.6 Å². The van der Waals surface area contributed by atoms with Gasteiger partial charge in [0.25, 0.3) is 0 Å². The first-order valence-corrected chi connectivity index (χ1v) is 7.13. The summed E-state index contributed by atoms with van der Waals surface area (Å²) in [6.07, 6.45) is 1.09. The fourth-order valence-corrected chi connectivity index (χ4v) is 3.31. The maximum absolute atomic E-state index is 13.1. The summed E-state index contributed by atoms with van der Waals surface area (Å²) >= 11 is 5.80. The minimum Gasteiger partial charge on any atom is -0.375 e. The number of benzene rings is 1. The van der Waals surface area contributed by atoms with Crippen molar-refractivity contribution in [3.05, 3.63) is 34.6 Å². The lowest BCUT2D eigenvalue weighted by atomic mass is 9.81. The van der Waals surface area contributed by atoms with E-state index in [0.29, 0.717) is 18.3 Å². The van der Waals surface area contributed by atoms with E-state index in [4.69, 9.17) is 22.1 Å². The van der Waals surface area contributed by atoms with Gasteiger partial charge < -0.3 is 10.5 Å². The average Bonchev–Trinajstić information content (AvgIpc) is 2.58. The first-order chi connectivity index (χ1) is 8.90. The summed E-state index contributed by atoms with van der Waals surface area (Å²) in [5, 5.41) is 0.154. The van der Waals surface area contributed by atoms with Crippen molar-refractivity contribution in [2.24, 2.45) is 17.6 Å². The molecule has 0 saturated carbocycles. The van der Waals surface area contributed by atoms with Gasteiger partial charge in [-0.15, -0.1) is 0 Å². The van der Waals surface area contributed by atoms with Crippen LogP contribution in [-0.2, 0) is 11.2 Å². The maximum atomic E-state index is 13.1. The van der Waals surface area contributed by atoms with Crippen molar-refractivity contribution in [2.75, 3.05) is 0 Å². The number of ether oxygens (including phenoxy) is 1. The molecule has 0 radical (unpaired) electrons. The summed E-state index contributed by atoms with van der Waals surface area (Å²) in [7, 11) is 0. The predicted molar refractivity (Wildman–Crippen MR) is 75.8 cm³/mol. The number of halogens is 2. The van der Waals surface area contributed by atoms with Gasteiger partial charge in [0.1, 0.15) is 5.82 Å². The molecular weight excluding hydrogens is 265 g/mol. The van der Waals surface area contributed by atoms with Crippen LogP contribution in [0.1, 0.15) is 26.3 Å². The van der Waals surface area contributed by atoms with Crippen LogP contribution in [0, 0.1) is 17.7 Å². The quantitative estimate of drug-likeness (QED) is 0.924. The van der Waals surface area contributed by atoms with E-state index in [1.165, 1.54) is 6.07 Å². The fraction of sp³-hybridized carbons (Fsp3) is 0.600. The third-order valence-electron chi connectivity index (χ3n) is 4.27. The van der Waals surface area contributed by atoms with Crippen LogP contribution in [0.3, 0.4) is 0 Å². The van der Waals surface area contributed by atoms with E-state index in [0.717, 1.165) is 5.56 Å². The zero-order valence-electron chi connectivity index (χ0n) is 11.6. The molecule has 2 rings (SSSR count). The highest BCUT2D eigenvalue weighted by molar-refractivity contribution is 6.30. The van der Waals surface area contributed by atoms with Crippen LogP contribution in [0.15, 0.2) is 18.2 Å². The Balaban J connectivity index is 2.08. The molecule has 1 aromatic carbocycles. The second kappa shape index (κ2) is 5.78. The highest BCUT2D eigenvalue weighted by Gasteiger charge is 2.40. The lowest BCUT2D eigenvalue weighted by Gasteiger charge is -2.25. The molecule has 2 N–H and O–H groups in total. The standard InChI is InChI=1S/C15H21ClFNO/c1-8-9(2)19-10(3)15(8)14(18)7-11-4-5-13(17)12(16)6-11/h4-6,8-10,14-15H,7,18H2,1-3H3. The molecule has 19 heavy (non-hydrogen) atoms. The van der Waals surface area contributed by atoms with Gasteiger partial charge in [0.2, 0.25) is 0 Å². The Labute approximate surface area is 119 Å². The van der Waals surface area contributed by atoms with Gasteiger partial charge in [-0.25, -0.2) is 4.39 Å². The molecule has 0 bridgehead atoms. The predicted octanol–water partition coefficient (Wildman–Crippen LogP) is 3.41. The minimum atomic E-state index is -0.390. The van der Waals surface area contributed by atoms with Crippen molar-refractivity contribution in [3.8, 4) is 0 Å². The summed E-state index contributed by atoms with van der Waals surface area (Å²) in [5.41, 5.74) is 7.30. The molecule has 5 atom stereocenters. The second-order valence-corrected chi connectivity index (χ2v) is 6.01. The van der Waals surface area contributed by atoms with E-state index >= 15 is 0 Å². The number of hydrogen-bond donors (Lipinski definition) is 1. The molecule has 106 valence electrons. The summed E-state index contributed by atoms with van der Waals surface area (Å²) < 4.78 is 19.0. The van der Waals surface area contributed by atoms with Gasteiger partial charge in [0.05, 0.1) is 17.2 Å². The molecule has 0 aromatic heterocycles. The lowest BCUT2D eigenvalue weighted by Crippen LogP contribution is -2.39. The molecule has 0 aliphatic carbocycles. The van der Waals surface area contributed by atoms with E-state index in [9.17, 15) is 4.39 Å². The van der Waals surface area contributed by atoms with E-state index in [1.54, 1.807) is 12.1 Å². The Morgan fingerprint density at radius 1 is 1.32 bits per heavy atom. The van der Waals surface area contributed by atoms with E-state index < -0.39 is 5.82 Å². The van der Waals surface area contributed by atoms with Crippen molar-refractivity contribution in [3.63, 3.8) is 0 Å². The zero-order valence-corrected chi connectivity index (χ0v) is 12.3. The summed E-state index contributed by atoms with van der Waals surface area (Å²) in [5.74, 6) is 0.360. The third-order valence-corrected chi connectivity index (χ3v) is 4.56. The zero-order chi connectivity index (χ0) is 14.2. The van der Waals surface area contributed by atoms with Crippen LogP contribution in [0.5, 0.6) is 0 Å². The van der Waals surface area contributed by atoms with Crippen LogP contribution in [-0.4, -0.2) is 18.2 Å². The van der Waals surface area contributed by atoms with Crippen molar-refractivity contribution in [1.29, 1.82) is 0 Å². The number of nitrogens with two attached hydrogens (primary N) is 1. The highest BCUT2D eigenvalue weighted by atomic mass is 35.5. The molecule has 0 spiro atoms. The van der Waals surface area contributed by atoms with Gasteiger partial charge in [0.15, 0.2) is 0 Å². The second-order valence-electron chi connectivity index (χ2n) is 5.60. The largest absolute Gasteiger partial charge is 0.375 e. The summed E-state index contributed by atoms with van der Waals surface area (Å²) in [4.78, 5) is 0. The van der Waals surface area contributed by atoms with E-state index in [2.05, 4.69) is 20.8 Å². The van der Waals surface area contributed by atoms with Crippen molar-refractivity contribution < 1.29 is 9.13 Å². The molecule has 1 heterocycles. The highest BCUT2D eigenvalue weighted by Crippen LogP contribution is 2.34. The minimum absolute atomic E-state index is 0.00326. The molecule has 1 saturated heterocycles. The van der Waals surface area contributed by atoms with E-state index in [1.807, 2.05) is 0 Å². The Bertz CT molecular complexity index is 454. The molecule has 0 amide bonds. The topological polar surface area (TPSA) is 35.2 Å². The van der Waals surface area contributed by atoms with Crippen molar-refractivity contribution in [1.82, 2.24) is 0 Å². The Kier molecular flexibility index (Phi) is 4.49. The number of hydrogen-bond acceptors (Lipinski definition) is 2. The van der Waals surface area contributed by atoms with Crippen LogP contribution < -0.4 is 5.73 Å².